The molecule has 1 heterocycles. The van der Waals surface area contributed by atoms with Crippen LogP contribution < -0.4 is 5.32 Å². The molecule has 2 aliphatic rings. The van der Waals surface area contributed by atoms with Crippen LogP contribution >= 0.6 is 15.9 Å². The first-order valence-corrected chi connectivity index (χ1v) is 8.40. The Bertz CT molecular complexity index is 801. The molecule has 1 aliphatic heterocycles. The third kappa shape index (κ3) is 2.45. The van der Waals surface area contributed by atoms with Crippen molar-refractivity contribution in [3.8, 4) is 0 Å². The number of allylic oxidation sites excluding steroid dienone is 2. The number of anilines is 1. The van der Waals surface area contributed by atoms with Gasteiger partial charge in [-0.2, -0.15) is 0 Å². The minimum Gasteiger partial charge on any atom is -0.378 e. The van der Waals surface area contributed by atoms with Gasteiger partial charge in [-0.05, 0) is 41.7 Å². The summed E-state index contributed by atoms with van der Waals surface area (Å²) in [6.07, 6.45) is 5.55. The van der Waals surface area contributed by atoms with Crippen molar-refractivity contribution in [3.05, 3.63) is 80.3 Å². The zero-order valence-electron chi connectivity index (χ0n) is 12.3. The summed E-state index contributed by atoms with van der Waals surface area (Å²) in [6.45, 7) is 0. The lowest BCUT2D eigenvalue weighted by Gasteiger charge is -2.37. The number of nitro groups is 1. The van der Waals surface area contributed by atoms with Crippen molar-refractivity contribution in [2.75, 3.05) is 5.32 Å². The fourth-order valence-corrected chi connectivity index (χ4v) is 4.08. The number of hydrogen-bond donors (Lipinski definition) is 1. The van der Waals surface area contributed by atoms with Gasteiger partial charge in [0.2, 0.25) is 0 Å². The summed E-state index contributed by atoms with van der Waals surface area (Å²) in [6, 6.07) is 13.4. The van der Waals surface area contributed by atoms with Gasteiger partial charge in [0.25, 0.3) is 5.69 Å². The minimum atomic E-state index is -0.356. The van der Waals surface area contributed by atoms with Crippen molar-refractivity contribution >= 4 is 27.3 Å². The summed E-state index contributed by atoms with van der Waals surface area (Å²) in [7, 11) is 0. The van der Waals surface area contributed by atoms with Crippen LogP contribution in [0.15, 0.2) is 59.1 Å². The second kappa shape index (κ2) is 5.49. The van der Waals surface area contributed by atoms with Crippen LogP contribution in [0.4, 0.5) is 11.4 Å². The van der Waals surface area contributed by atoms with E-state index in [0.717, 1.165) is 22.1 Å². The van der Waals surface area contributed by atoms with E-state index in [2.05, 4.69) is 45.5 Å². The zero-order valence-corrected chi connectivity index (χ0v) is 13.9. The molecule has 2 aromatic rings. The molecule has 23 heavy (non-hydrogen) atoms. The predicted molar refractivity (Wildman–Crippen MR) is 93.6 cm³/mol. The number of nitrogens with one attached hydrogen (secondary N) is 1. The number of non-ortho nitro benzene ring substituents is 1. The molecule has 0 radical (unpaired) electrons. The number of benzene rings is 2. The lowest BCUT2D eigenvalue weighted by atomic mass is 9.77. The highest BCUT2D eigenvalue weighted by Crippen LogP contribution is 2.50. The topological polar surface area (TPSA) is 55.2 Å². The molecule has 5 heteroatoms. The van der Waals surface area contributed by atoms with E-state index < -0.39 is 0 Å². The summed E-state index contributed by atoms with van der Waals surface area (Å²) >= 11 is 3.55. The van der Waals surface area contributed by atoms with Gasteiger partial charge >= 0.3 is 0 Å². The van der Waals surface area contributed by atoms with E-state index in [1.165, 1.54) is 5.56 Å². The van der Waals surface area contributed by atoms with Crippen LogP contribution in [-0.4, -0.2) is 4.92 Å². The molecule has 4 rings (SSSR count). The van der Waals surface area contributed by atoms with E-state index in [1.54, 1.807) is 12.1 Å². The summed E-state index contributed by atoms with van der Waals surface area (Å²) in [5.74, 6) is 0.835. The van der Waals surface area contributed by atoms with Crippen molar-refractivity contribution in [2.24, 2.45) is 5.92 Å². The Hall–Kier alpha value is -2.14. The molecule has 0 unspecified atom stereocenters. The van der Waals surface area contributed by atoms with Gasteiger partial charge in [0.1, 0.15) is 0 Å². The molecule has 0 aromatic heterocycles. The summed E-state index contributed by atoms with van der Waals surface area (Å²) in [5.41, 5.74) is 3.69. The molecule has 4 nitrogen and oxygen atoms in total. The normalized spacial score (nSPS) is 24.7. The van der Waals surface area contributed by atoms with Crippen LogP contribution in [0.25, 0.3) is 0 Å². The van der Waals surface area contributed by atoms with Crippen LogP contribution in [-0.2, 0) is 0 Å². The van der Waals surface area contributed by atoms with Gasteiger partial charge in [0.15, 0.2) is 0 Å². The van der Waals surface area contributed by atoms with Gasteiger partial charge in [0, 0.05) is 28.2 Å². The highest BCUT2D eigenvalue weighted by Gasteiger charge is 2.37. The number of hydrogen-bond acceptors (Lipinski definition) is 3. The number of fused-ring (bicyclic) bond motifs is 3. The predicted octanol–water partition coefficient (Wildman–Crippen LogP) is 5.18. The number of halogens is 1. The summed E-state index contributed by atoms with van der Waals surface area (Å²) < 4.78 is 1.09. The number of nitrogens with zero attached hydrogens (tertiary/aromatic N) is 1. The summed E-state index contributed by atoms with van der Waals surface area (Å²) in [4.78, 5) is 10.5. The maximum Gasteiger partial charge on any atom is 0.269 e. The lowest BCUT2D eigenvalue weighted by molar-refractivity contribution is -0.384. The highest BCUT2D eigenvalue weighted by atomic mass is 79.9. The third-order valence-electron chi connectivity index (χ3n) is 4.79. The van der Waals surface area contributed by atoms with Crippen molar-refractivity contribution in [3.63, 3.8) is 0 Å². The van der Waals surface area contributed by atoms with Crippen LogP contribution in [0.5, 0.6) is 0 Å². The van der Waals surface area contributed by atoms with Crippen LogP contribution in [0.3, 0.4) is 0 Å². The van der Waals surface area contributed by atoms with E-state index >= 15 is 0 Å². The molecule has 1 N–H and O–H groups in total. The first-order valence-electron chi connectivity index (χ1n) is 7.60. The molecular formula is C18H15BrN2O2. The van der Waals surface area contributed by atoms with Gasteiger partial charge in [0.05, 0.1) is 11.0 Å². The fourth-order valence-electron chi connectivity index (χ4n) is 3.70. The SMILES string of the molecule is O=[N+]([O-])c1ccc([C@H]2Nc3ccc(Br)cc3[C@H]3C=CC[C@@H]32)cc1. The molecule has 0 saturated carbocycles. The Kier molecular flexibility index (Phi) is 3.45. The molecule has 0 fully saturated rings. The molecule has 116 valence electrons. The van der Waals surface area contributed by atoms with Crippen LogP contribution in [0.1, 0.15) is 29.5 Å². The number of nitro benzene ring substituents is 1. The Morgan fingerprint density at radius 3 is 2.70 bits per heavy atom. The Labute approximate surface area is 142 Å². The van der Waals surface area contributed by atoms with Gasteiger partial charge in [-0.25, -0.2) is 0 Å². The van der Waals surface area contributed by atoms with Gasteiger partial charge in [-0.1, -0.05) is 40.2 Å². The Morgan fingerprint density at radius 2 is 1.96 bits per heavy atom. The maximum absolute atomic E-state index is 10.8. The van der Waals surface area contributed by atoms with E-state index in [0.29, 0.717) is 11.8 Å². The van der Waals surface area contributed by atoms with Gasteiger partial charge in [-0.15, -0.1) is 0 Å². The minimum absolute atomic E-state index is 0.134. The first kappa shape index (κ1) is 14.5. The van der Waals surface area contributed by atoms with E-state index in [-0.39, 0.29) is 16.7 Å². The maximum atomic E-state index is 10.8. The molecule has 0 saturated heterocycles. The van der Waals surface area contributed by atoms with E-state index in [4.69, 9.17) is 0 Å². The van der Waals surface area contributed by atoms with E-state index in [9.17, 15) is 10.1 Å². The molecule has 3 atom stereocenters. The molecule has 2 aromatic carbocycles. The Balaban J connectivity index is 1.73. The smallest absolute Gasteiger partial charge is 0.269 e. The molecule has 0 amide bonds. The zero-order chi connectivity index (χ0) is 16.0. The Morgan fingerprint density at radius 1 is 1.17 bits per heavy atom. The van der Waals surface area contributed by atoms with Crippen LogP contribution in [0, 0.1) is 16.0 Å². The largest absolute Gasteiger partial charge is 0.378 e. The second-order valence-corrected chi connectivity index (χ2v) is 6.97. The van der Waals surface area contributed by atoms with Crippen molar-refractivity contribution in [1.29, 1.82) is 0 Å². The average molecular weight is 371 g/mol. The first-order chi connectivity index (χ1) is 11.1. The molecular weight excluding hydrogens is 356 g/mol. The standard InChI is InChI=1S/C18H15BrN2O2/c19-12-6-9-17-16(10-12)14-2-1-3-15(14)18(20-17)11-4-7-13(8-5-11)21(22)23/h1-2,4-10,14-15,18,20H,3H2/t14-,15-,18+/m0/s1. The van der Waals surface area contributed by atoms with Crippen LogP contribution in [0.2, 0.25) is 0 Å². The molecule has 0 spiro atoms. The quantitative estimate of drug-likeness (QED) is 0.449. The summed E-state index contributed by atoms with van der Waals surface area (Å²) in [5, 5.41) is 14.5. The lowest BCUT2D eigenvalue weighted by Crippen LogP contribution is -2.29. The van der Waals surface area contributed by atoms with Crippen molar-refractivity contribution in [1.82, 2.24) is 0 Å². The van der Waals surface area contributed by atoms with Gasteiger partial charge < -0.3 is 5.32 Å². The van der Waals surface area contributed by atoms with E-state index in [1.807, 2.05) is 18.2 Å². The highest BCUT2D eigenvalue weighted by molar-refractivity contribution is 9.10. The second-order valence-electron chi connectivity index (χ2n) is 6.06. The van der Waals surface area contributed by atoms with Crippen molar-refractivity contribution < 1.29 is 4.92 Å². The molecule has 0 bridgehead atoms. The number of rotatable bonds is 2. The fraction of sp³-hybridized carbons (Fsp3) is 0.222. The monoisotopic (exact) mass is 370 g/mol. The van der Waals surface area contributed by atoms with Gasteiger partial charge in [-0.3, -0.25) is 10.1 Å². The average Bonchev–Trinajstić information content (AvgIpc) is 3.04. The molecule has 1 aliphatic carbocycles. The van der Waals surface area contributed by atoms with Crippen molar-refractivity contribution in [2.45, 2.75) is 18.4 Å². The third-order valence-corrected chi connectivity index (χ3v) is 5.28.